The minimum atomic E-state index is -0.599. The molecule has 0 aromatic carbocycles. The number of nitrogens with zero attached hydrogens (tertiary/aromatic N) is 5. The van der Waals surface area contributed by atoms with E-state index >= 15 is 0 Å². The predicted octanol–water partition coefficient (Wildman–Crippen LogP) is 2.31. The maximum absolute atomic E-state index is 13.6. The molecular formula is C26H40N6O6. The molecule has 1 atom stereocenters. The van der Waals surface area contributed by atoms with E-state index in [1.807, 2.05) is 50.2 Å². The Morgan fingerprint density at radius 2 is 1.89 bits per heavy atom. The number of aryl methyl sites for hydroxylation is 1. The van der Waals surface area contributed by atoms with Gasteiger partial charge in [0.05, 0.1) is 7.11 Å². The zero-order chi connectivity index (χ0) is 28.2. The Bertz CT molecular complexity index is 1320. The van der Waals surface area contributed by atoms with Crippen LogP contribution in [0.1, 0.15) is 60.3 Å². The highest BCUT2D eigenvalue weighted by molar-refractivity contribution is 5.75. The summed E-state index contributed by atoms with van der Waals surface area (Å²) in [4.78, 5) is 57.4. The van der Waals surface area contributed by atoms with Gasteiger partial charge in [0.2, 0.25) is 5.95 Å². The molecule has 12 heteroatoms. The number of aromatic nitrogens is 4. The van der Waals surface area contributed by atoms with E-state index in [0.29, 0.717) is 43.2 Å². The maximum atomic E-state index is 13.6. The summed E-state index contributed by atoms with van der Waals surface area (Å²) in [5.41, 5.74) is 0.147. The first kappa shape index (κ1) is 29.0. The first-order chi connectivity index (χ1) is 17.8. The minimum Gasteiger partial charge on any atom is -0.469 e. The van der Waals surface area contributed by atoms with Crippen molar-refractivity contribution >= 4 is 29.2 Å². The van der Waals surface area contributed by atoms with E-state index in [-0.39, 0.29) is 19.0 Å². The van der Waals surface area contributed by atoms with E-state index in [1.54, 1.807) is 7.05 Å². The summed E-state index contributed by atoms with van der Waals surface area (Å²) in [7, 11) is 2.89. The highest BCUT2D eigenvalue weighted by Gasteiger charge is 2.29. The van der Waals surface area contributed by atoms with Crippen molar-refractivity contribution in [2.24, 2.45) is 7.05 Å². The molecule has 1 aliphatic rings. The zero-order valence-corrected chi connectivity index (χ0v) is 23.5. The summed E-state index contributed by atoms with van der Waals surface area (Å²) in [5, 5.41) is 2.95. The lowest BCUT2D eigenvalue weighted by molar-refractivity contribution is -0.140. The first-order valence-electron chi connectivity index (χ1n) is 13.0. The number of methoxy groups -OCH3 is 1. The van der Waals surface area contributed by atoms with Crippen molar-refractivity contribution in [2.75, 3.05) is 25.1 Å². The second-order valence-corrected chi connectivity index (χ2v) is 10.9. The Morgan fingerprint density at radius 3 is 2.53 bits per heavy atom. The van der Waals surface area contributed by atoms with Gasteiger partial charge in [-0.2, -0.15) is 4.98 Å². The van der Waals surface area contributed by atoms with Crippen LogP contribution >= 0.6 is 0 Å². The molecule has 0 radical (unpaired) electrons. The lowest BCUT2D eigenvalue weighted by Crippen LogP contribution is -2.49. The number of nitrogens with one attached hydrogen (secondary N) is 1. The SMILES string of the molecule is COC(=O)CCCn1c(=O)c2c(nc(N3CCC[C@H](NC(=O)OC(C)(C)C)C3)n2CC=C(C)C)n(C)c1=O. The molecule has 1 saturated heterocycles. The third kappa shape index (κ3) is 6.84. The number of anilines is 1. The van der Waals surface area contributed by atoms with Crippen molar-refractivity contribution in [3.05, 3.63) is 32.5 Å². The van der Waals surface area contributed by atoms with Crippen LogP contribution in [-0.4, -0.2) is 62.6 Å². The molecule has 2 aromatic heterocycles. The summed E-state index contributed by atoms with van der Waals surface area (Å²) in [6.45, 7) is 11.1. The summed E-state index contributed by atoms with van der Waals surface area (Å²) in [6, 6.07) is -0.158. The summed E-state index contributed by atoms with van der Waals surface area (Å²) in [5.74, 6) is 0.166. The Morgan fingerprint density at radius 1 is 1.18 bits per heavy atom. The van der Waals surface area contributed by atoms with E-state index in [0.717, 1.165) is 23.0 Å². The third-order valence-electron chi connectivity index (χ3n) is 6.31. The molecule has 1 amide bonds. The summed E-state index contributed by atoms with van der Waals surface area (Å²) in [6.07, 6.45) is 3.52. The van der Waals surface area contributed by atoms with Crippen LogP contribution < -0.4 is 21.5 Å². The van der Waals surface area contributed by atoms with Gasteiger partial charge in [-0.05, 0) is 53.9 Å². The smallest absolute Gasteiger partial charge is 0.407 e. The van der Waals surface area contributed by atoms with Crippen molar-refractivity contribution < 1.29 is 19.1 Å². The topological polar surface area (TPSA) is 130 Å². The zero-order valence-electron chi connectivity index (χ0n) is 23.5. The van der Waals surface area contributed by atoms with Crippen LogP contribution in [0.3, 0.4) is 0 Å². The van der Waals surface area contributed by atoms with Crippen LogP contribution in [0.2, 0.25) is 0 Å². The van der Waals surface area contributed by atoms with E-state index in [1.165, 1.54) is 11.7 Å². The van der Waals surface area contributed by atoms with E-state index < -0.39 is 28.9 Å². The molecule has 3 heterocycles. The summed E-state index contributed by atoms with van der Waals surface area (Å²) < 4.78 is 14.4. The molecule has 0 spiro atoms. The van der Waals surface area contributed by atoms with Gasteiger partial charge in [0.25, 0.3) is 5.56 Å². The van der Waals surface area contributed by atoms with Crippen molar-refractivity contribution in [1.82, 2.24) is 24.0 Å². The van der Waals surface area contributed by atoms with Crippen molar-refractivity contribution in [3.63, 3.8) is 0 Å². The van der Waals surface area contributed by atoms with Crippen LogP contribution in [-0.2, 0) is 34.4 Å². The van der Waals surface area contributed by atoms with Gasteiger partial charge in [0, 0.05) is 45.7 Å². The van der Waals surface area contributed by atoms with Crippen LogP contribution in [0.4, 0.5) is 10.7 Å². The van der Waals surface area contributed by atoms with Gasteiger partial charge in [0.1, 0.15) is 5.60 Å². The number of piperidine rings is 1. The third-order valence-corrected chi connectivity index (χ3v) is 6.31. The number of ether oxygens (including phenoxy) is 2. The van der Waals surface area contributed by atoms with Gasteiger partial charge in [-0.3, -0.25) is 18.7 Å². The van der Waals surface area contributed by atoms with Gasteiger partial charge in [0.15, 0.2) is 11.2 Å². The second-order valence-electron chi connectivity index (χ2n) is 10.9. The maximum Gasteiger partial charge on any atom is 0.407 e. The Kier molecular flexibility index (Phi) is 9.05. The number of fused-ring (bicyclic) bond motifs is 1. The fourth-order valence-corrected chi connectivity index (χ4v) is 4.48. The molecule has 0 saturated carbocycles. The van der Waals surface area contributed by atoms with Gasteiger partial charge in [-0.25, -0.2) is 9.59 Å². The quantitative estimate of drug-likeness (QED) is 0.405. The van der Waals surface area contributed by atoms with Gasteiger partial charge in [-0.15, -0.1) is 0 Å². The average molecular weight is 533 g/mol. The van der Waals surface area contributed by atoms with Crippen LogP contribution in [0.15, 0.2) is 21.2 Å². The van der Waals surface area contributed by atoms with Gasteiger partial charge in [-0.1, -0.05) is 11.6 Å². The molecular weight excluding hydrogens is 492 g/mol. The van der Waals surface area contributed by atoms with E-state index in [9.17, 15) is 19.2 Å². The molecule has 0 bridgehead atoms. The molecule has 12 nitrogen and oxygen atoms in total. The van der Waals surface area contributed by atoms with Gasteiger partial charge < -0.3 is 24.3 Å². The number of rotatable bonds is 8. The minimum absolute atomic E-state index is 0.0886. The molecule has 0 unspecified atom stereocenters. The van der Waals surface area contributed by atoms with Crippen LogP contribution in [0.25, 0.3) is 11.2 Å². The highest BCUT2D eigenvalue weighted by Crippen LogP contribution is 2.24. The first-order valence-corrected chi connectivity index (χ1v) is 13.0. The molecule has 1 fully saturated rings. The number of hydrogen-bond donors (Lipinski definition) is 1. The molecule has 3 rings (SSSR count). The molecule has 2 aromatic rings. The largest absolute Gasteiger partial charge is 0.469 e. The van der Waals surface area contributed by atoms with Crippen LogP contribution in [0, 0.1) is 0 Å². The molecule has 1 N–H and O–H groups in total. The number of hydrogen-bond acceptors (Lipinski definition) is 8. The predicted molar refractivity (Wildman–Crippen MR) is 145 cm³/mol. The Hall–Kier alpha value is -3.57. The Labute approximate surface area is 222 Å². The fraction of sp³-hybridized carbons (Fsp3) is 0.654. The number of esters is 1. The van der Waals surface area contributed by atoms with Crippen molar-refractivity contribution in [3.8, 4) is 0 Å². The standard InChI is InChI=1S/C26H40N6O6/c1-17(2)12-15-31-20-21(29(6)25(36)32(22(20)34)14-9-11-19(33)37-7)28-23(31)30-13-8-10-18(16-30)27-24(35)38-26(3,4)5/h12,18H,8-11,13-16H2,1-7H3,(H,27,35)/t18-/m0/s1. The Balaban J connectivity index is 2.02. The highest BCUT2D eigenvalue weighted by atomic mass is 16.6. The molecule has 1 aliphatic heterocycles. The fourth-order valence-electron chi connectivity index (χ4n) is 4.48. The normalized spacial score (nSPS) is 15.9. The average Bonchev–Trinajstić information content (AvgIpc) is 3.22. The number of carbonyl (C=O) groups excluding carboxylic acids is 2. The van der Waals surface area contributed by atoms with E-state index in [4.69, 9.17) is 9.72 Å². The summed E-state index contributed by atoms with van der Waals surface area (Å²) >= 11 is 0. The second kappa shape index (κ2) is 11.9. The lowest BCUT2D eigenvalue weighted by Gasteiger charge is -2.34. The lowest BCUT2D eigenvalue weighted by atomic mass is 10.1. The monoisotopic (exact) mass is 532 g/mol. The number of allylic oxidation sites excluding steroid dienone is 2. The van der Waals surface area contributed by atoms with Gasteiger partial charge >= 0.3 is 17.8 Å². The van der Waals surface area contributed by atoms with Crippen LogP contribution in [0.5, 0.6) is 0 Å². The molecule has 0 aliphatic carbocycles. The molecule has 210 valence electrons. The molecule has 38 heavy (non-hydrogen) atoms. The van der Waals surface area contributed by atoms with Crippen molar-refractivity contribution in [1.29, 1.82) is 0 Å². The number of imidazole rings is 1. The van der Waals surface area contributed by atoms with E-state index in [2.05, 4.69) is 10.1 Å². The van der Waals surface area contributed by atoms with Crippen molar-refractivity contribution in [2.45, 2.75) is 85.0 Å². The number of amides is 1. The number of carbonyl (C=O) groups is 2. The number of alkyl carbamates (subject to hydrolysis) is 1.